The van der Waals surface area contributed by atoms with E-state index < -0.39 is 0 Å². The van der Waals surface area contributed by atoms with Gasteiger partial charge in [-0.15, -0.1) is 0 Å². The van der Waals surface area contributed by atoms with Gasteiger partial charge in [0, 0.05) is 19.2 Å². The first-order valence-electron chi connectivity index (χ1n) is 5.85. The van der Waals surface area contributed by atoms with Crippen molar-refractivity contribution in [1.82, 2.24) is 5.32 Å². The lowest BCUT2D eigenvalue weighted by Gasteiger charge is -2.29. The van der Waals surface area contributed by atoms with Crippen LogP contribution < -0.4 is 5.32 Å². The number of hydrogen-bond acceptors (Lipinski definition) is 3. The van der Waals surface area contributed by atoms with Crippen LogP contribution in [-0.4, -0.2) is 37.0 Å². The summed E-state index contributed by atoms with van der Waals surface area (Å²) in [6.45, 7) is 2.83. The third-order valence-corrected chi connectivity index (χ3v) is 3.42. The highest BCUT2D eigenvalue weighted by Crippen LogP contribution is 2.19. The minimum absolute atomic E-state index is 0.119. The molecule has 2 fully saturated rings. The third-order valence-electron chi connectivity index (χ3n) is 3.42. The number of rotatable bonds is 3. The lowest BCUT2D eigenvalue weighted by Crippen LogP contribution is -2.44. The number of aliphatic hydroxyl groups is 1. The molecule has 14 heavy (non-hydrogen) atoms. The molecule has 0 radical (unpaired) electrons. The van der Waals surface area contributed by atoms with Crippen molar-refractivity contribution in [3.8, 4) is 0 Å². The second-order valence-corrected chi connectivity index (χ2v) is 4.60. The van der Waals surface area contributed by atoms with Crippen molar-refractivity contribution in [1.29, 1.82) is 0 Å². The van der Waals surface area contributed by atoms with Crippen LogP contribution in [0.15, 0.2) is 0 Å². The molecule has 1 saturated heterocycles. The summed E-state index contributed by atoms with van der Waals surface area (Å²) in [6, 6.07) is 0.337. The Kier molecular flexibility index (Phi) is 3.79. The zero-order chi connectivity index (χ0) is 9.80. The van der Waals surface area contributed by atoms with Gasteiger partial charge in [-0.3, -0.25) is 0 Å². The van der Waals surface area contributed by atoms with Gasteiger partial charge in [-0.2, -0.15) is 0 Å². The molecule has 0 aromatic heterocycles. The zero-order valence-electron chi connectivity index (χ0n) is 8.74. The van der Waals surface area contributed by atoms with Crippen molar-refractivity contribution in [3.05, 3.63) is 0 Å². The third kappa shape index (κ3) is 2.69. The van der Waals surface area contributed by atoms with Crippen molar-refractivity contribution in [2.24, 2.45) is 5.92 Å². The van der Waals surface area contributed by atoms with Gasteiger partial charge in [0.25, 0.3) is 0 Å². The molecule has 0 aromatic carbocycles. The van der Waals surface area contributed by atoms with Gasteiger partial charge < -0.3 is 15.2 Å². The summed E-state index contributed by atoms with van der Waals surface area (Å²) < 4.78 is 5.32. The normalized spacial score (nSPS) is 38.8. The zero-order valence-corrected chi connectivity index (χ0v) is 8.74. The molecule has 2 N–H and O–H groups in total. The molecule has 3 heteroatoms. The molecule has 1 aliphatic heterocycles. The molecule has 0 amide bonds. The van der Waals surface area contributed by atoms with E-state index in [2.05, 4.69) is 5.32 Å². The highest BCUT2D eigenvalue weighted by atomic mass is 16.5. The summed E-state index contributed by atoms with van der Waals surface area (Å²) in [5.41, 5.74) is 0. The molecule has 1 saturated carbocycles. The fourth-order valence-electron chi connectivity index (χ4n) is 2.41. The predicted octanol–water partition coefficient (Wildman–Crippen LogP) is 0.916. The Morgan fingerprint density at radius 3 is 2.79 bits per heavy atom. The Balaban J connectivity index is 1.67. The van der Waals surface area contributed by atoms with Crippen molar-refractivity contribution in [2.75, 3.05) is 19.8 Å². The van der Waals surface area contributed by atoms with E-state index in [4.69, 9.17) is 4.74 Å². The summed E-state index contributed by atoms with van der Waals surface area (Å²) >= 11 is 0. The Labute approximate surface area is 85.8 Å². The van der Waals surface area contributed by atoms with Crippen LogP contribution in [0, 0.1) is 5.92 Å². The quantitative estimate of drug-likeness (QED) is 0.710. The van der Waals surface area contributed by atoms with Gasteiger partial charge in [0.15, 0.2) is 0 Å². The molecule has 3 nitrogen and oxygen atoms in total. The van der Waals surface area contributed by atoms with Crippen LogP contribution in [0.3, 0.4) is 0 Å². The molecule has 0 spiro atoms. The van der Waals surface area contributed by atoms with Crippen LogP contribution in [0.1, 0.15) is 32.1 Å². The first kappa shape index (κ1) is 10.4. The SMILES string of the molecule is O[C@@H]1CCCC[C@H]1NCC1CCOC1. The summed E-state index contributed by atoms with van der Waals surface area (Å²) in [6.07, 6.45) is 5.61. The number of nitrogens with one attached hydrogen (secondary N) is 1. The van der Waals surface area contributed by atoms with Crippen LogP contribution in [0.4, 0.5) is 0 Å². The van der Waals surface area contributed by atoms with E-state index in [9.17, 15) is 5.11 Å². The molecule has 0 bridgehead atoms. The van der Waals surface area contributed by atoms with Gasteiger partial charge in [-0.05, 0) is 25.2 Å². The van der Waals surface area contributed by atoms with Crippen molar-refractivity contribution in [3.63, 3.8) is 0 Å². The molecular formula is C11H21NO2. The number of aliphatic hydroxyl groups excluding tert-OH is 1. The fourth-order valence-corrected chi connectivity index (χ4v) is 2.41. The topological polar surface area (TPSA) is 41.5 Å². The Morgan fingerprint density at radius 2 is 2.07 bits per heavy atom. The van der Waals surface area contributed by atoms with E-state index >= 15 is 0 Å². The van der Waals surface area contributed by atoms with Crippen molar-refractivity contribution >= 4 is 0 Å². The van der Waals surface area contributed by atoms with Crippen LogP contribution in [-0.2, 0) is 4.74 Å². The van der Waals surface area contributed by atoms with Crippen molar-refractivity contribution in [2.45, 2.75) is 44.2 Å². The van der Waals surface area contributed by atoms with E-state index in [1.54, 1.807) is 0 Å². The van der Waals surface area contributed by atoms with Crippen molar-refractivity contribution < 1.29 is 9.84 Å². The second kappa shape index (κ2) is 5.10. The van der Waals surface area contributed by atoms with Gasteiger partial charge in [0.2, 0.25) is 0 Å². The molecule has 2 aliphatic rings. The molecular weight excluding hydrogens is 178 g/mol. The summed E-state index contributed by atoms with van der Waals surface area (Å²) in [4.78, 5) is 0. The molecule has 1 aliphatic carbocycles. The maximum absolute atomic E-state index is 9.75. The van der Waals surface area contributed by atoms with E-state index in [0.29, 0.717) is 12.0 Å². The molecule has 3 atom stereocenters. The average molecular weight is 199 g/mol. The monoisotopic (exact) mass is 199 g/mol. The molecule has 0 aromatic rings. The smallest absolute Gasteiger partial charge is 0.0693 e. The van der Waals surface area contributed by atoms with Gasteiger partial charge in [-0.25, -0.2) is 0 Å². The summed E-state index contributed by atoms with van der Waals surface area (Å²) in [5.74, 6) is 0.670. The van der Waals surface area contributed by atoms with E-state index in [0.717, 1.165) is 32.6 Å². The maximum atomic E-state index is 9.75. The minimum Gasteiger partial charge on any atom is -0.392 e. The second-order valence-electron chi connectivity index (χ2n) is 4.60. The highest BCUT2D eigenvalue weighted by Gasteiger charge is 2.24. The van der Waals surface area contributed by atoms with E-state index in [1.165, 1.54) is 19.3 Å². The standard InChI is InChI=1S/C11H21NO2/c13-11-4-2-1-3-10(11)12-7-9-5-6-14-8-9/h9-13H,1-8H2/t9?,10-,11-/m1/s1. The first-order chi connectivity index (χ1) is 6.86. The lowest BCUT2D eigenvalue weighted by molar-refractivity contribution is 0.0880. The van der Waals surface area contributed by atoms with Crippen LogP contribution in [0.25, 0.3) is 0 Å². The van der Waals surface area contributed by atoms with Crippen LogP contribution >= 0.6 is 0 Å². The van der Waals surface area contributed by atoms with E-state index in [1.807, 2.05) is 0 Å². The Hall–Kier alpha value is -0.120. The molecule has 1 unspecified atom stereocenters. The minimum atomic E-state index is -0.119. The molecule has 2 rings (SSSR count). The number of hydrogen-bond donors (Lipinski definition) is 2. The Bertz CT molecular complexity index is 169. The summed E-state index contributed by atoms with van der Waals surface area (Å²) in [5, 5.41) is 13.2. The number of ether oxygens (including phenoxy) is 1. The van der Waals surface area contributed by atoms with Gasteiger partial charge >= 0.3 is 0 Å². The Morgan fingerprint density at radius 1 is 1.21 bits per heavy atom. The first-order valence-corrected chi connectivity index (χ1v) is 5.85. The van der Waals surface area contributed by atoms with Gasteiger partial charge in [0.1, 0.15) is 0 Å². The highest BCUT2D eigenvalue weighted by molar-refractivity contribution is 4.81. The van der Waals surface area contributed by atoms with Gasteiger partial charge in [0.05, 0.1) is 12.7 Å². The fraction of sp³-hybridized carbons (Fsp3) is 1.00. The van der Waals surface area contributed by atoms with Gasteiger partial charge in [-0.1, -0.05) is 12.8 Å². The maximum Gasteiger partial charge on any atom is 0.0693 e. The lowest BCUT2D eigenvalue weighted by atomic mass is 9.92. The molecule has 82 valence electrons. The summed E-state index contributed by atoms with van der Waals surface area (Å²) in [7, 11) is 0. The van der Waals surface area contributed by atoms with E-state index in [-0.39, 0.29) is 6.10 Å². The van der Waals surface area contributed by atoms with Crippen LogP contribution in [0.2, 0.25) is 0 Å². The largest absolute Gasteiger partial charge is 0.392 e. The molecule has 1 heterocycles. The average Bonchev–Trinajstić information content (AvgIpc) is 2.69. The predicted molar refractivity (Wildman–Crippen MR) is 55.2 cm³/mol. The van der Waals surface area contributed by atoms with Crippen LogP contribution in [0.5, 0.6) is 0 Å².